The summed E-state index contributed by atoms with van der Waals surface area (Å²) in [5.41, 5.74) is 1.47. The Morgan fingerprint density at radius 3 is 2.93 bits per heavy atom. The zero-order valence-electron chi connectivity index (χ0n) is 14.2. The maximum absolute atomic E-state index is 14.8. The van der Waals surface area contributed by atoms with Crippen LogP contribution in [0.1, 0.15) is 11.1 Å². The van der Waals surface area contributed by atoms with Gasteiger partial charge in [0.2, 0.25) is 0 Å². The van der Waals surface area contributed by atoms with Gasteiger partial charge in [-0.1, -0.05) is 6.07 Å². The van der Waals surface area contributed by atoms with E-state index >= 15 is 0 Å². The normalized spacial score (nSPS) is 15.9. The first-order valence-electron chi connectivity index (χ1n) is 8.00. The minimum atomic E-state index is -4.13. The molecule has 3 aromatic rings. The average molecular weight is 390 g/mol. The number of pyridine rings is 1. The van der Waals surface area contributed by atoms with E-state index in [1.165, 1.54) is 12.3 Å². The van der Waals surface area contributed by atoms with E-state index < -0.39 is 28.5 Å². The van der Waals surface area contributed by atoms with Crippen molar-refractivity contribution in [2.45, 2.75) is 13.5 Å². The molecule has 11 heteroatoms. The van der Waals surface area contributed by atoms with Gasteiger partial charge in [0.15, 0.2) is 0 Å². The molecule has 0 unspecified atom stereocenters. The molecule has 0 aliphatic carbocycles. The number of H-pyrrole nitrogens is 1. The Labute approximate surface area is 153 Å². The van der Waals surface area contributed by atoms with Crippen molar-refractivity contribution in [3.8, 4) is 0 Å². The van der Waals surface area contributed by atoms with E-state index in [2.05, 4.69) is 20.5 Å². The minimum absolute atomic E-state index is 0.199. The molecule has 9 nitrogen and oxygen atoms in total. The monoisotopic (exact) mass is 390 g/mol. The molecule has 3 N–H and O–H groups in total. The first-order chi connectivity index (χ1) is 12.9. The summed E-state index contributed by atoms with van der Waals surface area (Å²) in [6.07, 6.45) is 3.13. The van der Waals surface area contributed by atoms with Gasteiger partial charge in [-0.2, -0.15) is 13.5 Å². The molecule has 1 amide bonds. The molecule has 4 rings (SSSR count). The molecule has 1 fully saturated rings. The second-order valence-electron chi connectivity index (χ2n) is 6.08. The van der Waals surface area contributed by atoms with E-state index in [0.29, 0.717) is 21.1 Å². The zero-order valence-corrected chi connectivity index (χ0v) is 15.0. The molecule has 1 aromatic carbocycles. The van der Waals surface area contributed by atoms with Crippen molar-refractivity contribution in [1.82, 2.24) is 19.9 Å². The van der Waals surface area contributed by atoms with Crippen molar-refractivity contribution in [1.29, 1.82) is 0 Å². The fraction of sp³-hybridized carbons (Fsp3) is 0.188. The molecule has 2 aromatic heterocycles. The van der Waals surface area contributed by atoms with Crippen molar-refractivity contribution >= 4 is 38.5 Å². The van der Waals surface area contributed by atoms with Crippen LogP contribution in [0.15, 0.2) is 30.6 Å². The summed E-state index contributed by atoms with van der Waals surface area (Å²) in [4.78, 5) is 15.7. The molecule has 0 saturated carbocycles. The zero-order chi connectivity index (χ0) is 19.2. The molecule has 0 spiro atoms. The number of hydrogen-bond donors (Lipinski definition) is 3. The summed E-state index contributed by atoms with van der Waals surface area (Å²) >= 11 is 0. The molecule has 140 valence electrons. The molecule has 0 radical (unpaired) electrons. The number of nitrogens with zero attached hydrogens (tertiary/aromatic N) is 3. The molecule has 1 aliphatic rings. The van der Waals surface area contributed by atoms with E-state index in [9.17, 15) is 17.6 Å². The lowest BCUT2D eigenvalue weighted by Gasteiger charge is -2.18. The predicted molar refractivity (Wildman–Crippen MR) is 96.8 cm³/mol. The predicted octanol–water partition coefficient (Wildman–Crippen LogP) is 1.20. The van der Waals surface area contributed by atoms with Crippen molar-refractivity contribution in [2.75, 3.05) is 16.2 Å². The van der Waals surface area contributed by atoms with E-state index in [-0.39, 0.29) is 17.7 Å². The standard InChI is InChI=1S/C16H15FN6O3S/c1-9-3-2-4-18-16(9)19-6-10-5-12(17)15(14-11(10)7-20-21-14)23-8-13(24)22-27(23,25)26/h2-5,7H,6,8H2,1H3,(H,18,19)(H,20,21)(H,22,24). The Kier molecular flexibility index (Phi) is 3.95. The first kappa shape index (κ1) is 17.2. The van der Waals surface area contributed by atoms with Gasteiger partial charge in [-0.15, -0.1) is 0 Å². The van der Waals surface area contributed by atoms with Crippen LogP contribution >= 0.6 is 0 Å². The highest BCUT2D eigenvalue weighted by Crippen LogP contribution is 2.33. The van der Waals surface area contributed by atoms with E-state index in [1.54, 1.807) is 6.20 Å². The summed E-state index contributed by atoms with van der Waals surface area (Å²) in [6.45, 7) is 1.67. The average Bonchev–Trinajstić information content (AvgIpc) is 3.18. The number of rotatable bonds is 4. The Morgan fingerprint density at radius 2 is 2.22 bits per heavy atom. The van der Waals surface area contributed by atoms with Crippen LogP contribution < -0.4 is 14.3 Å². The van der Waals surface area contributed by atoms with E-state index in [0.717, 1.165) is 5.56 Å². The van der Waals surface area contributed by atoms with Gasteiger partial charge in [-0.3, -0.25) is 9.89 Å². The van der Waals surface area contributed by atoms with Gasteiger partial charge < -0.3 is 5.32 Å². The lowest BCUT2D eigenvalue weighted by Crippen LogP contribution is -2.30. The van der Waals surface area contributed by atoms with Crippen LogP contribution in [-0.4, -0.2) is 36.1 Å². The summed E-state index contributed by atoms with van der Waals surface area (Å²) in [6, 6.07) is 4.94. The Balaban J connectivity index is 1.75. The molecular formula is C16H15FN6O3S. The molecule has 1 saturated heterocycles. The number of halogens is 1. The first-order valence-corrected chi connectivity index (χ1v) is 9.44. The second-order valence-corrected chi connectivity index (χ2v) is 7.68. The van der Waals surface area contributed by atoms with Crippen molar-refractivity contribution < 1.29 is 17.6 Å². The topological polar surface area (TPSA) is 120 Å². The molecule has 27 heavy (non-hydrogen) atoms. The number of benzene rings is 1. The SMILES string of the molecule is Cc1cccnc1NCc1cc(F)c(N2CC(=O)NS2(=O)=O)c2[nH]ncc12. The number of hydrogen-bond acceptors (Lipinski definition) is 6. The lowest BCUT2D eigenvalue weighted by atomic mass is 10.1. The third kappa shape index (κ3) is 2.95. The minimum Gasteiger partial charge on any atom is -0.366 e. The number of aromatic nitrogens is 3. The van der Waals surface area contributed by atoms with Crippen molar-refractivity contribution in [3.05, 3.63) is 47.5 Å². The maximum Gasteiger partial charge on any atom is 0.326 e. The van der Waals surface area contributed by atoms with Gasteiger partial charge in [-0.05, 0) is 30.2 Å². The van der Waals surface area contributed by atoms with Gasteiger partial charge in [0.25, 0.3) is 5.91 Å². The second kappa shape index (κ2) is 6.20. The number of carbonyl (C=O) groups excluding carboxylic acids is 1. The largest absolute Gasteiger partial charge is 0.366 e. The Bertz CT molecular complexity index is 1160. The van der Waals surface area contributed by atoms with Crippen LogP contribution in [0, 0.1) is 12.7 Å². The highest BCUT2D eigenvalue weighted by atomic mass is 32.2. The van der Waals surface area contributed by atoms with Crippen molar-refractivity contribution in [2.24, 2.45) is 0 Å². The number of nitrogens with one attached hydrogen (secondary N) is 3. The fourth-order valence-corrected chi connectivity index (χ4v) is 4.18. The van der Waals surface area contributed by atoms with Gasteiger partial charge >= 0.3 is 10.2 Å². The number of aryl methyl sites for hydroxylation is 1. The lowest BCUT2D eigenvalue weighted by molar-refractivity contribution is -0.117. The molecule has 0 bridgehead atoms. The summed E-state index contributed by atoms with van der Waals surface area (Å²) in [5.74, 6) is -0.838. The smallest absolute Gasteiger partial charge is 0.326 e. The van der Waals surface area contributed by atoms with Gasteiger partial charge in [0.05, 0.1) is 11.7 Å². The highest BCUT2D eigenvalue weighted by molar-refractivity contribution is 7.92. The number of aromatic amines is 1. The molecule has 1 aliphatic heterocycles. The van der Waals surface area contributed by atoms with Crippen molar-refractivity contribution in [3.63, 3.8) is 0 Å². The summed E-state index contributed by atoms with van der Waals surface area (Å²) in [5, 5.41) is 10.2. The van der Waals surface area contributed by atoms with E-state index in [1.807, 2.05) is 23.8 Å². The van der Waals surface area contributed by atoms with Crippen LogP contribution in [0.2, 0.25) is 0 Å². The third-order valence-corrected chi connectivity index (χ3v) is 5.65. The third-order valence-electron chi connectivity index (χ3n) is 4.27. The number of amides is 1. The number of carbonyl (C=O) groups is 1. The van der Waals surface area contributed by atoms with Gasteiger partial charge in [0, 0.05) is 18.1 Å². The van der Waals surface area contributed by atoms with Crippen LogP contribution in [0.5, 0.6) is 0 Å². The summed E-state index contributed by atoms with van der Waals surface area (Å²) in [7, 11) is -4.13. The number of fused-ring (bicyclic) bond motifs is 1. The molecular weight excluding hydrogens is 375 g/mol. The van der Waals surface area contributed by atoms with Crippen LogP contribution in [0.3, 0.4) is 0 Å². The Hall–Kier alpha value is -3.21. The Morgan fingerprint density at radius 1 is 1.41 bits per heavy atom. The van der Waals surface area contributed by atoms with Crippen LogP contribution in [0.25, 0.3) is 10.9 Å². The van der Waals surface area contributed by atoms with Crippen LogP contribution in [-0.2, 0) is 21.5 Å². The molecule has 3 heterocycles. The molecule has 0 atom stereocenters. The van der Waals surface area contributed by atoms with Crippen LogP contribution in [0.4, 0.5) is 15.9 Å². The fourth-order valence-electron chi connectivity index (χ4n) is 3.01. The van der Waals surface area contributed by atoms with Gasteiger partial charge in [-0.25, -0.2) is 18.4 Å². The summed E-state index contributed by atoms with van der Waals surface area (Å²) < 4.78 is 41.6. The maximum atomic E-state index is 14.8. The quantitative estimate of drug-likeness (QED) is 0.616. The highest BCUT2D eigenvalue weighted by Gasteiger charge is 2.37. The number of anilines is 2. The van der Waals surface area contributed by atoms with E-state index in [4.69, 9.17) is 0 Å². The van der Waals surface area contributed by atoms with Gasteiger partial charge in [0.1, 0.15) is 23.9 Å².